The van der Waals surface area contributed by atoms with E-state index in [0.717, 1.165) is 18.5 Å². The summed E-state index contributed by atoms with van der Waals surface area (Å²) in [5.74, 6) is 0.587. The molecule has 0 bridgehead atoms. The Morgan fingerprint density at radius 2 is 2.25 bits per heavy atom. The molecule has 0 aliphatic heterocycles. The van der Waals surface area contributed by atoms with Crippen LogP contribution in [0.25, 0.3) is 0 Å². The van der Waals surface area contributed by atoms with Crippen LogP contribution < -0.4 is 10.5 Å². The number of hydrogen-bond donors (Lipinski definition) is 1. The standard InChI is InChI=1S/C11H18ClN3O/c1-15(2)4-3-5-16-11-6-9(7-13)10(12)8-14-11/h6,8H,3-5,7,13H2,1-2H3. The average molecular weight is 244 g/mol. The highest BCUT2D eigenvalue weighted by Crippen LogP contribution is 2.18. The molecule has 5 heteroatoms. The normalized spacial score (nSPS) is 10.8. The van der Waals surface area contributed by atoms with Gasteiger partial charge in [-0.2, -0.15) is 0 Å². The van der Waals surface area contributed by atoms with Crippen LogP contribution in [0, 0.1) is 0 Å². The third-order valence-electron chi connectivity index (χ3n) is 2.13. The maximum absolute atomic E-state index is 5.89. The minimum atomic E-state index is 0.398. The molecular weight excluding hydrogens is 226 g/mol. The van der Waals surface area contributed by atoms with E-state index >= 15 is 0 Å². The van der Waals surface area contributed by atoms with Gasteiger partial charge in [0.2, 0.25) is 5.88 Å². The van der Waals surface area contributed by atoms with E-state index in [1.165, 1.54) is 0 Å². The topological polar surface area (TPSA) is 51.4 Å². The van der Waals surface area contributed by atoms with Gasteiger partial charge in [-0.05, 0) is 26.1 Å². The first-order chi connectivity index (χ1) is 7.63. The Labute approximate surface area is 101 Å². The molecule has 0 saturated heterocycles. The number of nitrogens with two attached hydrogens (primary N) is 1. The van der Waals surface area contributed by atoms with Crippen LogP contribution in [0.3, 0.4) is 0 Å². The molecule has 0 unspecified atom stereocenters. The zero-order valence-electron chi connectivity index (χ0n) is 9.74. The summed E-state index contributed by atoms with van der Waals surface area (Å²) < 4.78 is 5.50. The summed E-state index contributed by atoms with van der Waals surface area (Å²) in [7, 11) is 4.07. The molecule has 4 nitrogen and oxygen atoms in total. The molecule has 1 heterocycles. The molecule has 0 radical (unpaired) electrons. The van der Waals surface area contributed by atoms with E-state index in [1.807, 2.05) is 14.1 Å². The monoisotopic (exact) mass is 243 g/mol. The lowest BCUT2D eigenvalue weighted by Gasteiger charge is -2.10. The largest absolute Gasteiger partial charge is 0.478 e. The smallest absolute Gasteiger partial charge is 0.213 e. The Morgan fingerprint density at radius 1 is 1.50 bits per heavy atom. The molecule has 0 aromatic carbocycles. The fraction of sp³-hybridized carbons (Fsp3) is 0.545. The van der Waals surface area contributed by atoms with Crippen LogP contribution in [0.4, 0.5) is 0 Å². The highest BCUT2D eigenvalue weighted by molar-refractivity contribution is 6.31. The maximum atomic E-state index is 5.89. The molecule has 0 fully saturated rings. The summed E-state index contributed by atoms with van der Waals surface area (Å²) in [4.78, 5) is 6.20. The van der Waals surface area contributed by atoms with Gasteiger partial charge >= 0.3 is 0 Å². The van der Waals surface area contributed by atoms with Gasteiger partial charge in [0.1, 0.15) is 0 Å². The van der Waals surface area contributed by atoms with Crippen molar-refractivity contribution in [3.8, 4) is 5.88 Å². The van der Waals surface area contributed by atoms with Crippen molar-refractivity contribution in [1.29, 1.82) is 0 Å². The van der Waals surface area contributed by atoms with Gasteiger partial charge in [-0.1, -0.05) is 11.6 Å². The van der Waals surface area contributed by atoms with Gasteiger partial charge in [-0.25, -0.2) is 4.98 Å². The third kappa shape index (κ3) is 4.35. The molecule has 0 aliphatic rings. The van der Waals surface area contributed by atoms with E-state index in [9.17, 15) is 0 Å². The molecule has 90 valence electrons. The number of nitrogens with zero attached hydrogens (tertiary/aromatic N) is 2. The van der Waals surface area contributed by atoms with Crippen LogP contribution in [-0.2, 0) is 6.54 Å². The van der Waals surface area contributed by atoms with Gasteiger partial charge in [-0.15, -0.1) is 0 Å². The van der Waals surface area contributed by atoms with E-state index < -0.39 is 0 Å². The van der Waals surface area contributed by atoms with Crippen LogP contribution in [0.15, 0.2) is 12.3 Å². The molecule has 0 spiro atoms. The summed E-state index contributed by atoms with van der Waals surface area (Å²) in [6.07, 6.45) is 2.54. The third-order valence-corrected chi connectivity index (χ3v) is 2.47. The van der Waals surface area contributed by atoms with Gasteiger partial charge in [0.25, 0.3) is 0 Å². The van der Waals surface area contributed by atoms with Gasteiger partial charge in [-0.3, -0.25) is 0 Å². The number of pyridine rings is 1. The molecular formula is C11H18ClN3O. The van der Waals surface area contributed by atoms with Gasteiger partial charge < -0.3 is 15.4 Å². The summed E-state index contributed by atoms with van der Waals surface area (Å²) in [6.45, 7) is 2.05. The lowest BCUT2D eigenvalue weighted by molar-refractivity contribution is 0.273. The molecule has 0 saturated carbocycles. The van der Waals surface area contributed by atoms with Gasteiger partial charge in [0.15, 0.2) is 0 Å². The second kappa shape index (κ2) is 6.68. The van der Waals surface area contributed by atoms with Crippen molar-refractivity contribution in [2.45, 2.75) is 13.0 Å². The average Bonchev–Trinajstić information content (AvgIpc) is 2.26. The molecule has 0 aliphatic carbocycles. The van der Waals surface area contributed by atoms with Crippen molar-refractivity contribution in [2.24, 2.45) is 5.73 Å². The van der Waals surface area contributed by atoms with Crippen LogP contribution in [-0.4, -0.2) is 37.1 Å². The van der Waals surface area contributed by atoms with E-state index in [0.29, 0.717) is 24.1 Å². The second-order valence-electron chi connectivity index (χ2n) is 3.82. The minimum Gasteiger partial charge on any atom is -0.478 e. The predicted octanol–water partition coefficient (Wildman–Crippen LogP) is 1.52. The first-order valence-corrected chi connectivity index (χ1v) is 5.63. The van der Waals surface area contributed by atoms with Crippen molar-refractivity contribution < 1.29 is 4.74 Å². The van der Waals surface area contributed by atoms with Gasteiger partial charge in [0, 0.05) is 25.4 Å². The zero-order chi connectivity index (χ0) is 12.0. The Bertz CT molecular complexity index is 331. The lowest BCUT2D eigenvalue weighted by atomic mass is 10.3. The summed E-state index contributed by atoms with van der Waals surface area (Å²) in [5.41, 5.74) is 6.40. The summed E-state index contributed by atoms with van der Waals surface area (Å²) in [5, 5.41) is 0.586. The fourth-order valence-electron chi connectivity index (χ4n) is 1.25. The van der Waals surface area contributed by atoms with Crippen molar-refractivity contribution in [1.82, 2.24) is 9.88 Å². The first-order valence-electron chi connectivity index (χ1n) is 5.25. The maximum Gasteiger partial charge on any atom is 0.213 e. The zero-order valence-corrected chi connectivity index (χ0v) is 10.5. The molecule has 1 rings (SSSR count). The van der Waals surface area contributed by atoms with Crippen LogP contribution >= 0.6 is 11.6 Å². The Morgan fingerprint density at radius 3 is 2.88 bits per heavy atom. The fourth-order valence-corrected chi connectivity index (χ4v) is 1.43. The molecule has 1 aromatic heterocycles. The van der Waals surface area contributed by atoms with Crippen molar-refractivity contribution in [3.63, 3.8) is 0 Å². The van der Waals surface area contributed by atoms with E-state index in [1.54, 1.807) is 12.3 Å². The molecule has 16 heavy (non-hydrogen) atoms. The summed E-state index contributed by atoms with van der Waals surface area (Å²) >= 11 is 5.89. The van der Waals surface area contributed by atoms with E-state index in [4.69, 9.17) is 22.1 Å². The number of halogens is 1. The summed E-state index contributed by atoms with van der Waals surface area (Å²) in [6, 6.07) is 1.79. The van der Waals surface area contributed by atoms with Crippen molar-refractivity contribution in [3.05, 3.63) is 22.8 Å². The molecule has 0 amide bonds. The Hall–Kier alpha value is -0.840. The Balaban J connectivity index is 2.42. The minimum absolute atomic E-state index is 0.398. The molecule has 1 aromatic rings. The highest BCUT2D eigenvalue weighted by Gasteiger charge is 2.02. The number of hydrogen-bond acceptors (Lipinski definition) is 4. The van der Waals surface area contributed by atoms with Crippen molar-refractivity contribution >= 4 is 11.6 Å². The number of ether oxygens (including phenoxy) is 1. The lowest BCUT2D eigenvalue weighted by Crippen LogP contribution is -2.15. The molecule has 0 atom stereocenters. The second-order valence-corrected chi connectivity index (χ2v) is 4.23. The van der Waals surface area contributed by atoms with Crippen molar-refractivity contribution in [2.75, 3.05) is 27.2 Å². The van der Waals surface area contributed by atoms with E-state index in [-0.39, 0.29) is 0 Å². The molecule has 2 N–H and O–H groups in total. The number of rotatable bonds is 6. The first kappa shape index (κ1) is 13.2. The quantitative estimate of drug-likeness (QED) is 0.770. The Kier molecular flexibility index (Phi) is 5.52. The van der Waals surface area contributed by atoms with Gasteiger partial charge in [0.05, 0.1) is 11.6 Å². The predicted molar refractivity (Wildman–Crippen MR) is 65.8 cm³/mol. The van der Waals surface area contributed by atoms with Crippen LogP contribution in [0.2, 0.25) is 5.02 Å². The SMILES string of the molecule is CN(C)CCCOc1cc(CN)c(Cl)cn1. The van der Waals surface area contributed by atoms with E-state index in [2.05, 4.69) is 9.88 Å². The highest BCUT2D eigenvalue weighted by atomic mass is 35.5. The van der Waals surface area contributed by atoms with Crippen LogP contribution in [0.1, 0.15) is 12.0 Å². The van der Waals surface area contributed by atoms with Crippen LogP contribution in [0.5, 0.6) is 5.88 Å². The number of aromatic nitrogens is 1.